The Bertz CT molecular complexity index is 3170. The van der Waals surface area contributed by atoms with E-state index in [4.69, 9.17) is 4.99 Å². The van der Waals surface area contributed by atoms with Crippen LogP contribution >= 0.6 is 0 Å². The Morgan fingerprint density at radius 1 is 0.500 bits per heavy atom. The molecule has 9 aromatic rings. The van der Waals surface area contributed by atoms with Crippen molar-refractivity contribution in [3.63, 3.8) is 0 Å². The maximum atomic E-state index is 10.8. The van der Waals surface area contributed by atoms with Crippen LogP contribution in [0.25, 0.3) is 55.0 Å². The Morgan fingerprint density at radius 3 is 1.72 bits per heavy atom. The average molecular weight is 690 g/mol. The lowest BCUT2D eigenvalue weighted by atomic mass is 9.89. The van der Waals surface area contributed by atoms with Crippen LogP contribution in [0.1, 0.15) is 39.4 Å². The Hall–Kier alpha value is -7.92. The van der Waals surface area contributed by atoms with Gasteiger partial charge in [0.15, 0.2) is 0 Å². The summed E-state index contributed by atoms with van der Waals surface area (Å²) in [6.07, 6.45) is 0. The van der Waals surface area contributed by atoms with Crippen LogP contribution in [-0.4, -0.2) is 15.0 Å². The molecule has 0 bridgehead atoms. The number of aromatic nitrogens is 2. The molecule has 7 aromatic carbocycles. The average Bonchev–Trinajstić information content (AvgIpc) is 3.76. The van der Waals surface area contributed by atoms with E-state index in [1.54, 1.807) is 12.1 Å². The van der Waals surface area contributed by atoms with Crippen molar-refractivity contribution < 1.29 is 0 Å². The van der Waals surface area contributed by atoms with Gasteiger partial charge in [0.2, 0.25) is 0 Å². The number of nitrogens with one attached hydrogen (secondary N) is 1. The molecule has 0 amide bonds. The number of hydrogen-bond donors (Lipinski definition) is 1. The lowest BCUT2D eigenvalue weighted by Crippen LogP contribution is -2.23. The molecule has 0 fully saturated rings. The molecule has 250 valence electrons. The first-order valence-corrected chi connectivity index (χ1v) is 17.6. The topological polar surface area (TPSA) is 106 Å². The molecule has 0 spiro atoms. The minimum absolute atomic E-state index is 0.345. The van der Waals surface area contributed by atoms with Crippen molar-refractivity contribution in [1.82, 2.24) is 9.13 Å². The predicted molar refractivity (Wildman–Crippen MR) is 214 cm³/mol. The molecule has 0 aliphatic carbocycles. The molecule has 1 aliphatic rings. The van der Waals surface area contributed by atoms with E-state index in [2.05, 4.69) is 112 Å². The molecule has 0 saturated carbocycles. The van der Waals surface area contributed by atoms with Gasteiger partial charge >= 0.3 is 0 Å². The molecule has 0 radical (unpaired) electrons. The number of fused-ring (bicyclic) bond motifs is 8. The number of rotatable bonds is 4. The molecule has 3 heterocycles. The van der Waals surface area contributed by atoms with Crippen molar-refractivity contribution >= 4 is 55.1 Å². The van der Waals surface area contributed by atoms with Gasteiger partial charge in [-0.05, 0) is 66.2 Å². The molecule has 7 heteroatoms. The van der Waals surface area contributed by atoms with Crippen molar-refractivity contribution in [3.05, 3.63) is 185 Å². The summed E-state index contributed by atoms with van der Waals surface area (Å²) < 4.78 is 4.56. The first-order valence-electron chi connectivity index (χ1n) is 17.6. The van der Waals surface area contributed by atoms with E-state index in [1.807, 2.05) is 60.7 Å². The number of nitriles is 3. The number of para-hydroxylation sites is 3. The first kappa shape index (κ1) is 30.9. The molecule has 1 unspecified atom stereocenters. The van der Waals surface area contributed by atoms with Crippen LogP contribution < -0.4 is 5.32 Å². The van der Waals surface area contributed by atoms with E-state index in [1.165, 1.54) is 10.8 Å². The highest BCUT2D eigenvalue weighted by molar-refractivity contribution is 6.28. The van der Waals surface area contributed by atoms with E-state index in [0.717, 1.165) is 49.8 Å². The third-order valence-electron chi connectivity index (χ3n) is 10.5. The molecule has 1 aliphatic heterocycles. The second kappa shape index (κ2) is 12.1. The van der Waals surface area contributed by atoms with Gasteiger partial charge in [-0.2, -0.15) is 15.8 Å². The van der Waals surface area contributed by atoms with Crippen LogP contribution in [0.15, 0.2) is 157 Å². The summed E-state index contributed by atoms with van der Waals surface area (Å²) in [6.45, 7) is 0. The van der Waals surface area contributed by atoms with Gasteiger partial charge in [-0.15, -0.1) is 0 Å². The zero-order chi connectivity index (χ0) is 36.3. The number of nitrogens with zero attached hydrogens (tertiary/aromatic N) is 6. The maximum Gasteiger partial charge on any atom is 0.133 e. The molecule has 10 rings (SSSR count). The first-order chi connectivity index (χ1) is 26.7. The summed E-state index contributed by atoms with van der Waals surface area (Å²) in [4.78, 5) is 5.13. The molecule has 1 N–H and O–H groups in total. The monoisotopic (exact) mass is 689 g/mol. The van der Waals surface area contributed by atoms with Crippen LogP contribution in [0.4, 0.5) is 5.69 Å². The fourth-order valence-electron chi connectivity index (χ4n) is 8.17. The zero-order valence-electron chi connectivity index (χ0n) is 28.7. The van der Waals surface area contributed by atoms with Crippen molar-refractivity contribution in [2.24, 2.45) is 4.99 Å². The SMILES string of the molecule is N#Cc1cc(C#N)c2c(c1)C(c1ccc(-n3c4ccccc4c4c5c6ccccc6n(-c6ccccc6)c5ccc43)cc1C#N)N=C(c1ccccc1)N2. The van der Waals surface area contributed by atoms with E-state index in [9.17, 15) is 15.8 Å². The summed E-state index contributed by atoms with van der Waals surface area (Å²) in [5, 5.41) is 38.8. The number of benzene rings is 7. The second-order valence-corrected chi connectivity index (χ2v) is 13.4. The normalized spacial score (nSPS) is 13.6. The largest absolute Gasteiger partial charge is 0.339 e. The van der Waals surface area contributed by atoms with Gasteiger partial charge in [0.1, 0.15) is 17.9 Å². The van der Waals surface area contributed by atoms with Crippen molar-refractivity contribution in [1.29, 1.82) is 15.8 Å². The molecule has 7 nitrogen and oxygen atoms in total. The van der Waals surface area contributed by atoms with Gasteiger partial charge in [-0.25, -0.2) is 0 Å². The molecule has 54 heavy (non-hydrogen) atoms. The number of aliphatic imine (C=N–C) groups is 1. The van der Waals surface area contributed by atoms with E-state index >= 15 is 0 Å². The van der Waals surface area contributed by atoms with Crippen LogP contribution in [0.2, 0.25) is 0 Å². The third-order valence-corrected chi connectivity index (χ3v) is 10.5. The van der Waals surface area contributed by atoms with Gasteiger partial charge in [0, 0.05) is 44.0 Å². The highest BCUT2D eigenvalue weighted by atomic mass is 15.1. The minimum Gasteiger partial charge on any atom is -0.339 e. The van der Waals surface area contributed by atoms with Gasteiger partial charge in [0.05, 0.1) is 56.6 Å². The lowest BCUT2D eigenvalue weighted by molar-refractivity contribution is 0.857. The fourth-order valence-corrected chi connectivity index (χ4v) is 8.17. The maximum absolute atomic E-state index is 10.8. The van der Waals surface area contributed by atoms with Crippen molar-refractivity contribution in [2.75, 3.05) is 5.32 Å². The quantitative estimate of drug-likeness (QED) is 0.198. The Morgan fingerprint density at radius 2 is 1.09 bits per heavy atom. The molecule has 2 aromatic heterocycles. The highest BCUT2D eigenvalue weighted by Crippen LogP contribution is 2.44. The van der Waals surface area contributed by atoms with Crippen molar-refractivity contribution in [2.45, 2.75) is 6.04 Å². The molecular weight excluding hydrogens is 663 g/mol. The number of anilines is 1. The number of amidine groups is 1. The Balaban J connectivity index is 1.21. The van der Waals surface area contributed by atoms with Crippen molar-refractivity contribution in [3.8, 4) is 29.6 Å². The predicted octanol–water partition coefficient (Wildman–Crippen LogP) is 10.5. The van der Waals surface area contributed by atoms with Crippen LogP contribution in [0.5, 0.6) is 0 Å². The van der Waals surface area contributed by atoms with Crippen LogP contribution in [-0.2, 0) is 0 Å². The molecule has 1 atom stereocenters. The summed E-state index contributed by atoms with van der Waals surface area (Å²) in [5.41, 5.74) is 10.2. The van der Waals surface area contributed by atoms with Crippen LogP contribution in [0.3, 0.4) is 0 Å². The van der Waals surface area contributed by atoms with Gasteiger partial charge in [-0.3, -0.25) is 4.99 Å². The standard InChI is InChI=1S/C47H27N7/c48-26-29-23-32(28-50)45-38(24-29)46(52-47(51-45)30-11-3-1-4-12-30)35-20-19-34(25-31(35)27-49)54-40-18-10-8-16-37(40)44-42(54)22-21-41-43(44)36-15-7-9-17-39(36)53(41)33-13-5-2-6-14-33/h1-25,46H,(H,51,52). The lowest BCUT2D eigenvalue weighted by Gasteiger charge is -2.27. The summed E-state index contributed by atoms with van der Waals surface area (Å²) in [7, 11) is 0. The van der Waals surface area contributed by atoms with Crippen LogP contribution in [0, 0.1) is 34.0 Å². The van der Waals surface area contributed by atoms with Gasteiger partial charge in [-0.1, -0.05) is 91.0 Å². The third kappa shape index (κ3) is 4.55. The van der Waals surface area contributed by atoms with E-state index < -0.39 is 6.04 Å². The smallest absolute Gasteiger partial charge is 0.133 e. The van der Waals surface area contributed by atoms with Gasteiger partial charge < -0.3 is 14.5 Å². The zero-order valence-corrected chi connectivity index (χ0v) is 28.7. The minimum atomic E-state index is -0.637. The second-order valence-electron chi connectivity index (χ2n) is 13.4. The summed E-state index contributed by atoms with van der Waals surface area (Å²) >= 11 is 0. The van der Waals surface area contributed by atoms with E-state index in [-0.39, 0.29) is 0 Å². The van der Waals surface area contributed by atoms with Gasteiger partial charge in [0.25, 0.3) is 0 Å². The molecule has 0 saturated heterocycles. The Labute approximate surface area is 310 Å². The molecular formula is C47H27N7. The summed E-state index contributed by atoms with van der Waals surface area (Å²) in [6, 6.07) is 57.1. The Kier molecular flexibility index (Phi) is 6.92. The van der Waals surface area contributed by atoms with E-state index in [0.29, 0.717) is 39.3 Å². The summed E-state index contributed by atoms with van der Waals surface area (Å²) in [5.74, 6) is 0.586. The number of hydrogen-bond acceptors (Lipinski definition) is 5. The highest BCUT2D eigenvalue weighted by Gasteiger charge is 2.29. The fraction of sp³-hybridized carbons (Fsp3) is 0.0213.